The highest BCUT2D eigenvalue weighted by Crippen LogP contribution is 2.21. The molecule has 0 atom stereocenters. The third kappa shape index (κ3) is 15.9. The molecule has 110 valence electrons. The lowest BCUT2D eigenvalue weighted by atomic mass is 9.90. The van der Waals surface area contributed by atoms with Crippen molar-refractivity contribution in [3.05, 3.63) is 0 Å². The summed E-state index contributed by atoms with van der Waals surface area (Å²) in [7, 11) is 1.72. The van der Waals surface area contributed by atoms with E-state index in [9.17, 15) is 0 Å². The highest BCUT2D eigenvalue weighted by molar-refractivity contribution is 4.60. The maximum Gasteiger partial charge on any atom is 0.0488 e. The van der Waals surface area contributed by atoms with E-state index in [1.165, 1.54) is 19.3 Å². The van der Waals surface area contributed by atoms with Crippen molar-refractivity contribution >= 4 is 0 Å². The molecule has 18 heavy (non-hydrogen) atoms. The molecular weight excluding hydrogens is 228 g/mol. The van der Waals surface area contributed by atoms with E-state index in [0.29, 0.717) is 5.41 Å². The topological polar surface area (TPSA) is 27.7 Å². The quantitative estimate of drug-likeness (QED) is 0.501. The van der Waals surface area contributed by atoms with Gasteiger partial charge < -0.3 is 14.2 Å². The maximum atomic E-state index is 5.57. The van der Waals surface area contributed by atoms with Gasteiger partial charge in [0, 0.05) is 40.1 Å². The zero-order valence-electron chi connectivity index (χ0n) is 12.8. The molecule has 0 saturated carbocycles. The third-order valence-corrected chi connectivity index (χ3v) is 2.68. The molecule has 0 aliphatic carbocycles. The number of hydrogen-bond donors (Lipinski definition) is 0. The van der Waals surface area contributed by atoms with Gasteiger partial charge in [-0.2, -0.15) is 0 Å². The van der Waals surface area contributed by atoms with E-state index in [4.69, 9.17) is 14.2 Å². The van der Waals surface area contributed by atoms with Gasteiger partial charge in [-0.1, -0.05) is 27.2 Å². The molecule has 0 rings (SSSR count). The van der Waals surface area contributed by atoms with Gasteiger partial charge in [0.25, 0.3) is 0 Å². The van der Waals surface area contributed by atoms with E-state index in [1.807, 2.05) is 0 Å². The molecule has 0 saturated heterocycles. The predicted molar refractivity (Wildman–Crippen MR) is 76.1 cm³/mol. The Morgan fingerprint density at radius 3 is 1.67 bits per heavy atom. The average Bonchev–Trinajstić information content (AvgIpc) is 2.29. The first kappa shape index (κ1) is 17.9. The van der Waals surface area contributed by atoms with E-state index >= 15 is 0 Å². The lowest BCUT2D eigenvalue weighted by Crippen LogP contribution is -2.06. The lowest BCUT2D eigenvalue weighted by molar-refractivity contribution is 0.0700. The summed E-state index contributed by atoms with van der Waals surface area (Å²) >= 11 is 0. The summed E-state index contributed by atoms with van der Waals surface area (Å²) in [5.41, 5.74) is 0.454. The van der Waals surface area contributed by atoms with Crippen molar-refractivity contribution in [3.8, 4) is 0 Å². The molecule has 0 heterocycles. The van der Waals surface area contributed by atoms with Crippen LogP contribution in [0.25, 0.3) is 0 Å². The minimum atomic E-state index is 0.454. The monoisotopic (exact) mass is 260 g/mol. The zero-order chi connectivity index (χ0) is 13.7. The molecular formula is C15H32O3. The second-order valence-corrected chi connectivity index (χ2v) is 5.94. The molecule has 0 aliphatic rings. The van der Waals surface area contributed by atoms with Crippen LogP contribution in [-0.2, 0) is 14.2 Å². The smallest absolute Gasteiger partial charge is 0.0488 e. The van der Waals surface area contributed by atoms with Gasteiger partial charge in [0.05, 0.1) is 0 Å². The highest BCUT2D eigenvalue weighted by Gasteiger charge is 2.08. The van der Waals surface area contributed by atoms with Crippen LogP contribution in [0.4, 0.5) is 0 Å². The first-order valence-corrected chi connectivity index (χ1v) is 7.21. The van der Waals surface area contributed by atoms with E-state index < -0.39 is 0 Å². The number of hydrogen-bond acceptors (Lipinski definition) is 3. The maximum absolute atomic E-state index is 5.57. The van der Waals surface area contributed by atoms with Crippen LogP contribution in [0.3, 0.4) is 0 Å². The summed E-state index contributed by atoms with van der Waals surface area (Å²) in [6, 6.07) is 0. The summed E-state index contributed by atoms with van der Waals surface area (Å²) in [6.45, 7) is 10.9. The first-order chi connectivity index (χ1) is 8.56. The molecule has 0 aromatic heterocycles. The Labute approximate surface area is 113 Å². The zero-order valence-corrected chi connectivity index (χ0v) is 12.8. The molecule has 0 aromatic rings. The van der Waals surface area contributed by atoms with Crippen molar-refractivity contribution in [1.29, 1.82) is 0 Å². The van der Waals surface area contributed by atoms with Gasteiger partial charge in [0.15, 0.2) is 0 Å². The molecule has 0 fully saturated rings. The van der Waals surface area contributed by atoms with Gasteiger partial charge in [0.2, 0.25) is 0 Å². The molecule has 0 radical (unpaired) electrons. The summed E-state index contributed by atoms with van der Waals surface area (Å²) < 4.78 is 16.0. The predicted octanol–water partition coefficient (Wildman–Crippen LogP) is 3.66. The molecule has 3 nitrogen and oxygen atoms in total. The number of ether oxygens (including phenoxy) is 3. The average molecular weight is 260 g/mol. The van der Waals surface area contributed by atoms with Gasteiger partial charge in [0.1, 0.15) is 0 Å². The van der Waals surface area contributed by atoms with Crippen LogP contribution in [0, 0.1) is 5.41 Å². The number of methoxy groups -OCH3 is 1. The molecule has 0 bridgehead atoms. The van der Waals surface area contributed by atoms with Crippen molar-refractivity contribution in [3.63, 3.8) is 0 Å². The largest absolute Gasteiger partial charge is 0.385 e. The molecule has 0 N–H and O–H groups in total. The van der Waals surface area contributed by atoms with Crippen LogP contribution < -0.4 is 0 Å². The Kier molecular flexibility index (Phi) is 11.9. The normalized spacial score (nSPS) is 12.0. The van der Waals surface area contributed by atoms with Crippen LogP contribution in [0.5, 0.6) is 0 Å². The lowest BCUT2D eigenvalue weighted by Gasteiger charge is -2.17. The SMILES string of the molecule is COCCCOCCCOCCCCC(C)(C)C. The van der Waals surface area contributed by atoms with Gasteiger partial charge in [-0.15, -0.1) is 0 Å². The molecule has 0 unspecified atom stereocenters. The van der Waals surface area contributed by atoms with Crippen LogP contribution in [0.15, 0.2) is 0 Å². The van der Waals surface area contributed by atoms with Crippen molar-refractivity contribution < 1.29 is 14.2 Å². The molecule has 0 aromatic carbocycles. The van der Waals surface area contributed by atoms with Crippen LogP contribution in [-0.4, -0.2) is 40.1 Å². The fourth-order valence-electron chi connectivity index (χ4n) is 1.63. The van der Waals surface area contributed by atoms with Crippen LogP contribution in [0.1, 0.15) is 52.9 Å². The summed E-state index contributed by atoms with van der Waals surface area (Å²) in [5, 5.41) is 0. The first-order valence-electron chi connectivity index (χ1n) is 7.21. The highest BCUT2D eigenvalue weighted by atomic mass is 16.5. The third-order valence-electron chi connectivity index (χ3n) is 2.68. The van der Waals surface area contributed by atoms with Gasteiger partial charge in [-0.25, -0.2) is 0 Å². The van der Waals surface area contributed by atoms with Crippen molar-refractivity contribution in [1.82, 2.24) is 0 Å². The van der Waals surface area contributed by atoms with E-state index in [0.717, 1.165) is 45.9 Å². The Bertz CT molecular complexity index is 164. The van der Waals surface area contributed by atoms with E-state index in [2.05, 4.69) is 20.8 Å². The van der Waals surface area contributed by atoms with Crippen molar-refractivity contribution in [2.75, 3.05) is 40.1 Å². The minimum absolute atomic E-state index is 0.454. The molecule has 0 aliphatic heterocycles. The van der Waals surface area contributed by atoms with Crippen LogP contribution >= 0.6 is 0 Å². The fraction of sp³-hybridized carbons (Fsp3) is 1.00. The number of rotatable bonds is 12. The summed E-state index contributed by atoms with van der Waals surface area (Å²) in [4.78, 5) is 0. The van der Waals surface area contributed by atoms with E-state index in [1.54, 1.807) is 7.11 Å². The fourth-order valence-corrected chi connectivity index (χ4v) is 1.63. The molecule has 3 heteroatoms. The van der Waals surface area contributed by atoms with Crippen molar-refractivity contribution in [2.24, 2.45) is 5.41 Å². The number of unbranched alkanes of at least 4 members (excludes halogenated alkanes) is 1. The van der Waals surface area contributed by atoms with Crippen molar-refractivity contribution in [2.45, 2.75) is 52.9 Å². The Morgan fingerprint density at radius 2 is 1.17 bits per heavy atom. The Hall–Kier alpha value is -0.120. The summed E-state index contributed by atoms with van der Waals surface area (Å²) in [5.74, 6) is 0. The van der Waals surface area contributed by atoms with Gasteiger partial charge >= 0.3 is 0 Å². The molecule has 0 amide bonds. The minimum Gasteiger partial charge on any atom is -0.385 e. The standard InChI is InChI=1S/C15H32O3/c1-15(2,3)9-5-6-11-17-13-8-14-18-12-7-10-16-4/h5-14H2,1-4H3. The Morgan fingerprint density at radius 1 is 0.667 bits per heavy atom. The molecule has 0 spiro atoms. The van der Waals surface area contributed by atoms with Crippen LogP contribution in [0.2, 0.25) is 0 Å². The second-order valence-electron chi connectivity index (χ2n) is 5.94. The summed E-state index contributed by atoms with van der Waals surface area (Å²) in [6.07, 6.45) is 5.68. The van der Waals surface area contributed by atoms with Gasteiger partial charge in [-0.3, -0.25) is 0 Å². The second kappa shape index (κ2) is 11.9. The Balaban J connectivity index is 2.99. The van der Waals surface area contributed by atoms with E-state index in [-0.39, 0.29) is 0 Å². The van der Waals surface area contributed by atoms with Gasteiger partial charge in [-0.05, 0) is 31.1 Å².